The van der Waals surface area contributed by atoms with Crippen molar-refractivity contribution in [1.82, 2.24) is 5.06 Å². The second-order valence-electron chi connectivity index (χ2n) is 3.89. The summed E-state index contributed by atoms with van der Waals surface area (Å²) in [7, 11) is 0. The maximum atomic E-state index is 10.6. The van der Waals surface area contributed by atoms with Crippen LogP contribution in [0.1, 0.15) is 5.56 Å². The first kappa shape index (κ1) is 11.1. The van der Waals surface area contributed by atoms with Crippen LogP contribution in [0.15, 0.2) is 30.3 Å². The number of rotatable bonds is 4. The highest BCUT2D eigenvalue weighted by atomic mass is 16.7. The third-order valence-electron chi connectivity index (χ3n) is 2.53. The average molecular weight is 223 g/mol. The van der Waals surface area contributed by atoms with Gasteiger partial charge in [0.15, 0.2) is 5.60 Å². The lowest BCUT2D eigenvalue weighted by Gasteiger charge is -2.41. The number of β-amino-alcohol motifs (C(OH)–C–C–N with tert-alkyl or cyclic N) is 1. The first-order chi connectivity index (χ1) is 7.60. The smallest absolute Gasteiger partial charge is 0.338 e. The van der Waals surface area contributed by atoms with Gasteiger partial charge in [-0.25, -0.2) is 4.79 Å². The molecular weight excluding hydrogens is 210 g/mol. The maximum absolute atomic E-state index is 10.6. The standard InChI is InChI=1S/C11H13NO4/c13-10(14)11(15)7-12(8-11)16-6-9-4-2-1-3-5-9/h1-5,15H,6-8H2,(H,13,14). The van der Waals surface area contributed by atoms with E-state index in [2.05, 4.69) is 0 Å². The van der Waals surface area contributed by atoms with Crippen LogP contribution in [-0.2, 0) is 16.2 Å². The number of benzene rings is 1. The third kappa shape index (κ3) is 2.21. The molecule has 0 unspecified atom stereocenters. The maximum Gasteiger partial charge on any atom is 0.338 e. The largest absolute Gasteiger partial charge is 0.479 e. The van der Waals surface area contributed by atoms with E-state index in [9.17, 15) is 9.90 Å². The van der Waals surface area contributed by atoms with Crippen molar-refractivity contribution in [3.8, 4) is 0 Å². The van der Waals surface area contributed by atoms with Crippen LogP contribution in [-0.4, -0.2) is 39.9 Å². The van der Waals surface area contributed by atoms with Gasteiger partial charge >= 0.3 is 5.97 Å². The van der Waals surface area contributed by atoms with Crippen LogP contribution in [0.3, 0.4) is 0 Å². The molecule has 0 radical (unpaired) electrons. The zero-order valence-corrected chi connectivity index (χ0v) is 8.67. The second-order valence-corrected chi connectivity index (χ2v) is 3.89. The van der Waals surface area contributed by atoms with E-state index in [1.165, 1.54) is 5.06 Å². The zero-order chi connectivity index (χ0) is 11.6. The van der Waals surface area contributed by atoms with E-state index in [0.717, 1.165) is 5.56 Å². The molecule has 0 spiro atoms. The summed E-state index contributed by atoms with van der Waals surface area (Å²) in [5.41, 5.74) is -0.635. The van der Waals surface area contributed by atoms with Gasteiger partial charge in [-0.2, -0.15) is 5.06 Å². The molecule has 0 aliphatic carbocycles. The quantitative estimate of drug-likeness (QED) is 0.765. The number of aliphatic carboxylic acids is 1. The number of carbonyl (C=O) groups is 1. The van der Waals surface area contributed by atoms with Crippen LogP contribution in [0.5, 0.6) is 0 Å². The minimum absolute atomic E-state index is 0.00909. The summed E-state index contributed by atoms with van der Waals surface area (Å²) in [4.78, 5) is 15.9. The number of aliphatic hydroxyl groups is 1. The second kappa shape index (κ2) is 4.21. The molecule has 0 aromatic heterocycles. The fraction of sp³-hybridized carbons (Fsp3) is 0.364. The number of hydroxylamine groups is 2. The van der Waals surface area contributed by atoms with Crippen LogP contribution in [0.25, 0.3) is 0 Å². The van der Waals surface area contributed by atoms with Crippen LogP contribution in [0, 0.1) is 0 Å². The summed E-state index contributed by atoms with van der Waals surface area (Å²) in [6.45, 7) is 0.404. The normalized spacial score (nSPS) is 19.1. The van der Waals surface area contributed by atoms with Crippen LogP contribution in [0.4, 0.5) is 0 Å². The molecule has 1 aromatic rings. The van der Waals surface area contributed by atoms with E-state index in [1.807, 2.05) is 30.3 Å². The summed E-state index contributed by atoms with van der Waals surface area (Å²) < 4.78 is 0. The lowest BCUT2D eigenvalue weighted by atomic mass is 9.97. The molecule has 1 aliphatic rings. The highest BCUT2D eigenvalue weighted by molar-refractivity contribution is 5.79. The van der Waals surface area contributed by atoms with Gasteiger partial charge in [-0.3, -0.25) is 4.84 Å². The molecule has 2 N–H and O–H groups in total. The highest BCUT2D eigenvalue weighted by Crippen LogP contribution is 2.21. The fourth-order valence-electron chi connectivity index (χ4n) is 1.50. The van der Waals surface area contributed by atoms with E-state index in [-0.39, 0.29) is 13.1 Å². The topological polar surface area (TPSA) is 70.0 Å². The first-order valence-electron chi connectivity index (χ1n) is 4.98. The average Bonchev–Trinajstić information content (AvgIpc) is 2.24. The molecule has 1 aromatic carbocycles. The van der Waals surface area contributed by atoms with Gasteiger partial charge < -0.3 is 10.2 Å². The van der Waals surface area contributed by atoms with Gasteiger partial charge in [-0.15, -0.1) is 0 Å². The minimum atomic E-state index is -1.64. The molecule has 1 heterocycles. The molecular formula is C11H13NO4. The Morgan fingerprint density at radius 1 is 1.38 bits per heavy atom. The van der Waals surface area contributed by atoms with Gasteiger partial charge in [0.1, 0.15) is 0 Å². The molecule has 16 heavy (non-hydrogen) atoms. The lowest BCUT2D eigenvalue weighted by molar-refractivity contribution is -0.277. The summed E-state index contributed by atoms with van der Waals surface area (Å²) in [6, 6.07) is 9.56. The monoisotopic (exact) mass is 223 g/mol. The number of hydrogen-bond donors (Lipinski definition) is 2. The van der Waals surface area contributed by atoms with Crippen molar-refractivity contribution in [2.24, 2.45) is 0 Å². The molecule has 0 amide bonds. The van der Waals surface area contributed by atoms with Crippen molar-refractivity contribution in [2.45, 2.75) is 12.2 Å². The number of carboxylic acid groups (broad SMARTS) is 1. The van der Waals surface area contributed by atoms with Gasteiger partial charge in [-0.05, 0) is 5.56 Å². The van der Waals surface area contributed by atoms with Crippen LogP contribution < -0.4 is 0 Å². The van der Waals surface area contributed by atoms with Crippen LogP contribution >= 0.6 is 0 Å². The first-order valence-corrected chi connectivity index (χ1v) is 4.98. The predicted octanol–water partition coefficient (Wildman–Crippen LogP) is 0.249. The van der Waals surface area contributed by atoms with E-state index in [4.69, 9.17) is 9.94 Å². The summed E-state index contributed by atoms with van der Waals surface area (Å²) >= 11 is 0. The van der Waals surface area contributed by atoms with Crippen molar-refractivity contribution >= 4 is 5.97 Å². The Morgan fingerprint density at radius 2 is 2.00 bits per heavy atom. The molecule has 0 saturated carbocycles. The molecule has 2 rings (SSSR count). The minimum Gasteiger partial charge on any atom is -0.479 e. The van der Waals surface area contributed by atoms with Gasteiger partial charge in [0, 0.05) is 0 Å². The molecule has 0 atom stereocenters. The van der Waals surface area contributed by atoms with Crippen molar-refractivity contribution < 1.29 is 19.8 Å². The Morgan fingerprint density at radius 3 is 2.56 bits per heavy atom. The number of nitrogens with zero attached hydrogens (tertiary/aromatic N) is 1. The van der Waals surface area contributed by atoms with Crippen LogP contribution in [0.2, 0.25) is 0 Å². The van der Waals surface area contributed by atoms with Crippen molar-refractivity contribution in [2.75, 3.05) is 13.1 Å². The van der Waals surface area contributed by atoms with E-state index in [1.54, 1.807) is 0 Å². The Balaban J connectivity index is 1.77. The van der Waals surface area contributed by atoms with Crippen molar-refractivity contribution in [3.05, 3.63) is 35.9 Å². The fourth-order valence-corrected chi connectivity index (χ4v) is 1.50. The van der Waals surface area contributed by atoms with E-state index < -0.39 is 11.6 Å². The molecule has 5 heteroatoms. The zero-order valence-electron chi connectivity index (χ0n) is 8.67. The molecule has 5 nitrogen and oxygen atoms in total. The van der Waals surface area contributed by atoms with E-state index in [0.29, 0.717) is 6.61 Å². The highest BCUT2D eigenvalue weighted by Gasteiger charge is 2.49. The van der Waals surface area contributed by atoms with E-state index >= 15 is 0 Å². The molecule has 1 fully saturated rings. The molecule has 86 valence electrons. The summed E-state index contributed by atoms with van der Waals surface area (Å²) in [5, 5.41) is 19.5. The molecule has 1 saturated heterocycles. The summed E-state index contributed by atoms with van der Waals surface area (Å²) in [5.74, 6) is -1.20. The number of hydrogen-bond acceptors (Lipinski definition) is 4. The Hall–Kier alpha value is -1.43. The Kier molecular flexibility index (Phi) is 2.91. The van der Waals surface area contributed by atoms with Gasteiger partial charge in [0.25, 0.3) is 0 Å². The van der Waals surface area contributed by atoms with Gasteiger partial charge in [0.05, 0.1) is 19.7 Å². The lowest BCUT2D eigenvalue weighted by Crippen LogP contribution is -2.65. The van der Waals surface area contributed by atoms with Gasteiger partial charge in [0.2, 0.25) is 0 Å². The number of carboxylic acids is 1. The SMILES string of the molecule is O=C(O)C1(O)CN(OCc2ccccc2)C1. The van der Waals surface area contributed by atoms with Crippen molar-refractivity contribution in [3.63, 3.8) is 0 Å². The third-order valence-corrected chi connectivity index (χ3v) is 2.53. The van der Waals surface area contributed by atoms with Crippen molar-refractivity contribution in [1.29, 1.82) is 0 Å². The Bertz CT molecular complexity index is 373. The molecule has 1 aliphatic heterocycles. The van der Waals surface area contributed by atoms with Gasteiger partial charge in [-0.1, -0.05) is 30.3 Å². The summed E-state index contributed by atoms with van der Waals surface area (Å²) in [6.07, 6.45) is 0. The Labute approximate surface area is 92.8 Å². The molecule has 0 bridgehead atoms. The predicted molar refractivity (Wildman–Crippen MR) is 55.4 cm³/mol.